The zero-order valence-corrected chi connectivity index (χ0v) is 6.25. The van der Waals surface area contributed by atoms with E-state index in [1.54, 1.807) is 0 Å². The van der Waals surface area contributed by atoms with Crippen LogP contribution in [-0.2, 0) is 0 Å². The molecule has 0 unspecified atom stereocenters. The van der Waals surface area contributed by atoms with E-state index in [1.807, 2.05) is 0 Å². The lowest BCUT2D eigenvalue weighted by atomic mass is 9.96. The third-order valence-corrected chi connectivity index (χ3v) is 1.97. The van der Waals surface area contributed by atoms with Crippen molar-refractivity contribution in [2.24, 2.45) is 0 Å². The molecule has 0 aromatic rings. The van der Waals surface area contributed by atoms with E-state index in [-0.39, 0.29) is 0 Å². The molecule has 0 saturated heterocycles. The average Bonchev–Trinajstić information content (AvgIpc) is 1.91. The minimum atomic E-state index is 0.608. The van der Waals surface area contributed by atoms with Crippen LogP contribution in [0.3, 0.4) is 0 Å². The molecular formula is C6H13ClN2. The summed E-state index contributed by atoms with van der Waals surface area (Å²) in [7, 11) is 0. The van der Waals surface area contributed by atoms with E-state index in [1.165, 1.54) is 32.1 Å². The minimum absolute atomic E-state index is 0.608. The van der Waals surface area contributed by atoms with Crippen LogP contribution in [0.4, 0.5) is 0 Å². The fourth-order valence-corrected chi connectivity index (χ4v) is 1.48. The van der Waals surface area contributed by atoms with Gasteiger partial charge in [-0.2, -0.15) is 4.94 Å². The summed E-state index contributed by atoms with van der Waals surface area (Å²) >= 11 is 5.27. The monoisotopic (exact) mass is 148 g/mol. The van der Waals surface area contributed by atoms with Gasteiger partial charge in [0.1, 0.15) is 0 Å². The van der Waals surface area contributed by atoms with Gasteiger partial charge < -0.3 is 0 Å². The second-order valence-corrected chi connectivity index (χ2v) is 2.76. The van der Waals surface area contributed by atoms with E-state index >= 15 is 0 Å². The van der Waals surface area contributed by atoms with Gasteiger partial charge in [0.05, 0.1) is 0 Å². The summed E-state index contributed by atoms with van der Waals surface area (Å²) in [6.45, 7) is 0. The smallest absolute Gasteiger partial charge is 0.0225 e. The Kier molecular flexibility index (Phi) is 3.33. The Morgan fingerprint density at radius 3 is 2.33 bits per heavy atom. The Morgan fingerprint density at radius 1 is 1.11 bits per heavy atom. The highest BCUT2D eigenvalue weighted by Gasteiger charge is 2.10. The van der Waals surface area contributed by atoms with Crippen LogP contribution in [0.5, 0.6) is 0 Å². The zero-order chi connectivity index (χ0) is 6.53. The van der Waals surface area contributed by atoms with Crippen molar-refractivity contribution in [2.45, 2.75) is 38.1 Å². The topological polar surface area (TPSA) is 24.1 Å². The van der Waals surface area contributed by atoms with Gasteiger partial charge in [-0.25, -0.2) is 5.43 Å². The molecule has 0 amide bonds. The Morgan fingerprint density at radius 2 is 1.78 bits per heavy atom. The molecule has 1 aliphatic rings. The number of hydrogen-bond donors (Lipinski definition) is 2. The first-order valence-corrected chi connectivity index (χ1v) is 3.92. The first kappa shape index (κ1) is 7.32. The molecule has 9 heavy (non-hydrogen) atoms. The van der Waals surface area contributed by atoms with Gasteiger partial charge >= 0.3 is 0 Å². The largest absolute Gasteiger partial charge is 0.241 e. The molecule has 0 spiro atoms. The molecule has 3 heteroatoms. The van der Waals surface area contributed by atoms with Gasteiger partial charge in [0, 0.05) is 6.04 Å². The van der Waals surface area contributed by atoms with Crippen LogP contribution in [0.2, 0.25) is 0 Å². The maximum absolute atomic E-state index is 5.27. The van der Waals surface area contributed by atoms with Crippen LogP contribution < -0.4 is 10.4 Å². The predicted octanol–water partition coefficient (Wildman–Crippen LogP) is 1.57. The van der Waals surface area contributed by atoms with Gasteiger partial charge in [-0.1, -0.05) is 19.3 Å². The minimum Gasteiger partial charge on any atom is -0.241 e. The molecule has 0 bridgehead atoms. The summed E-state index contributed by atoms with van der Waals surface area (Å²) in [5, 5.41) is 0. The van der Waals surface area contributed by atoms with E-state index in [9.17, 15) is 0 Å². The molecule has 0 aliphatic heterocycles. The van der Waals surface area contributed by atoms with Gasteiger partial charge in [-0.15, -0.1) is 0 Å². The SMILES string of the molecule is ClNNC1CCCCC1. The van der Waals surface area contributed by atoms with Crippen molar-refractivity contribution in [3.05, 3.63) is 0 Å². The second-order valence-electron chi connectivity index (χ2n) is 2.57. The normalized spacial score (nSPS) is 22.3. The highest BCUT2D eigenvalue weighted by molar-refractivity contribution is 6.13. The molecule has 1 fully saturated rings. The molecule has 0 heterocycles. The predicted molar refractivity (Wildman–Crippen MR) is 39.0 cm³/mol. The molecule has 2 nitrogen and oxygen atoms in total. The zero-order valence-electron chi connectivity index (χ0n) is 5.49. The van der Waals surface area contributed by atoms with Gasteiger partial charge in [-0.3, -0.25) is 0 Å². The quantitative estimate of drug-likeness (QED) is 0.459. The van der Waals surface area contributed by atoms with Crippen molar-refractivity contribution < 1.29 is 0 Å². The maximum atomic E-state index is 5.27. The highest BCUT2D eigenvalue weighted by atomic mass is 35.5. The summed E-state index contributed by atoms with van der Waals surface area (Å²) in [5.74, 6) is 0. The van der Waals surface area contributed by atoms with Crippen molar-refractivity contribution >= 4 is 11.8 Å². The maximum Gasteiger partial charge on any atom is 0.0225 e. The lowest BCUT2D eigenvalue weighted by Crippen LogP contribution is -2.36. The van der Waals surface area contributed by atoms with E-state index in [0.717, 1.165) is 0 Å². The molecule has 1 rings (SSSR count). The number of rotatable bonds is 2. The van der Waals surface area contributed by atoms with Crippen molar-refractivity contribution in [3.63, 3.8) is 0 Å². The van der Waals surface area contributed by atoms with Crippen LogP contribution in [0.25, 0.3) is 0 Å². The van der Waals surface area contributed by atoms with E-state index in [4.69, 9.17) is 11.8 Å². The van der Waals surface area contributed by atoms with Crippen molar-refractivity contribution in [3.8, 4) is 0 Å². The fourth-order valence-electron chi connectivity index (χ4n) is 1.32. The van der Waals surface area contributed by atoms with E-state index in [2.05, 4.69) is 10.4 Å². The molecule has 0 atom stereocenters. The van der Waals surface area contributed by atoms with Gasteiger partial charge in [0.2, 0.25) is 0 Å². The highest BCUT2D eigenvalue weighted by Crippen LogP contribution is 2.16. The summed E-state index contributed by atoms with van der Waals surface area (Å²) in [4.78, 5) is 2.46. The van der Waals surface area contributed by atoms with Crippen molar-refractivity contribution in [1.29, 1.82) is 0 Å². The molecule has 54 valence electrons. The number of hydrogen-bond acceptors (Lipinski definition) is 2. The van der Waals surface area contributed by atoms with Crippen molar-refractivity contribution in [2.75, 3.05) is 0 Å². The number of hydrazine groups is 1. The molecule has 1 saturated carbocycles. The molecule has 0 aromatic carbocycles. The molecular weight excluding hydrogens is 136 g/mol. The Bertz CT molecular complexity index is 68.7. The third kappa shape index (κ3) is 2.52. The first-order valence-electron chi connectivity index (χ1n) is 3.54. The molecule has 0 aromatic heterocycles. The summed E-state index contributed by atoms with van der Waals surface area (Å²) < 4.78 is 0. The standard InChI is InChI=1S/C6H13ClN2/c7-9-8-6-4-2-1-3-5-6/h6,8-9H,1-5H2. The second kappa shape index (κ2) is 4.09. The number of halogens is 1. The lowest BCUT2D eigenvalue weighted by molar-refractivity contribution is 0.365. The van der Waals surface area contributed by atoms with Crippen LogP contribution >= 0.6 is 11.8 Å². The van der Waals surface area contributed by atoms with Crippen LogP contribution in [0, 0.1) is 0 Å². The molecule has 0 radical (unpaired) electrons. The van der Waals surface area contributed by atoms with E-state index < -0.39 is 0 Å². The Balaban J connectivity index is 2.08. The summed E-state index contributed by atoms with van der Waals surface area (Å²) in [6.07, 6.45) is 6.60. The van der Waals surface area contributed by atoms with Crippen molar-refractivity contribution in [1.82, 2.24) is 10.4 Å². The fraction of sp³-hybridized carbons (Fsp3) is 1.00. The van der Waals surface area contributed by atoms with E-state index in [0.29, 0.717) is 6.04 Å². The van der Waals surface area contributed by atoms with Gasteiger partial charge in [0.15, 0.2) is 0 Å². The van der Waals surface area contributed by atoms with Crippen LogP contribution in [0.1, 0.15) is 32.1 Å². The summed E-state index contributed by atoms with van der Waals surface area (Å²) in [5.41, 5.74) is 3.00. The van der Waals surface area contributed by atoms with Gasteiger partial charge in [0.25, 0.3) is 0 Å². The van der Waals surface area contributed by atoms with Crippen LogP contribution in [0.15, 0.2) is 0 Å². The number of nitrogens with one attached hydrogen (secondary N) is 2. The first-order chi connectivity index (χ1) is 4.43. The summed E-state index contributed by atoms with van der Waals surface area (Å²) in [6, 6.07) is 0.608. The third-order valence-electron chi connectivity index (χ3n) is 1.86. The lowest BCUT2D eigenvalue weighted by Gasteiger charge is -2.20. The Hall–Kier alpha value is 0.210. The Labute approximate surface area is 61.0 Å². The van der Waals surface area contributed by atoms with Crippen LogP contribution in [-0.4, -0.2) is 6.04 Å². The van der Waals surface area contributed by atoms with Gasteiger partial charge in [-0.05, 0) is 24.6 Å². The molecule has 2 N–H and O–H groups in total. The molecule has 1 aliphatic carbocycles. The average molecular weight is 149 g/mol.